The highest BCUT2D eigenvalue weighted by atomic mass is 19.3. The van der Waals surface area contributed by atoms with Crippen molar-refractivity contribution < 1.29 is 14.3 Å². The third-order valence-corrected chi connectivity index (χ3v) is 0.986. The average Bonchev–Trinajstić information content (AvgIpc) is 2.05. The summed E-state index contributed by atoms with van der Waals surface area (Å²) in [7, 11) is 0. The molecule has 0 spiro atoms. The molecule has 0 saturated heterocycles. The first-order valence-electron chi connectivity index (χ1n) is 2.57. The summed E-state index contributed by atoms with van der Waals surface area (Å²) in [6, 6.07) is 2.73. The molecule has 10 heavy (non-hydrogen) atoms. The van der Waals surface area contributed by atoms with Crippen molar-refractivity contribution in [2.24, 2.45) is 0 Å². The van der Waals surface area contributed by atoms with Crippen LogP contribution in [-0.4, -0.2) is 11.0 Å². The molecule has 1 aromatic heterocycles. The lowest BCUT2D eigenvalue weighted by Crippen LogP contribution is -1.97. The molecular weight excluding hydrogens is 137 g/mol. The van der Waals surface area contributed by atoms with Crippen LogP contribution < -0.4 is 0 Å². The largest absolute Gasteiger partial charge is 0.379 e. The van der Waals surface area contributed by atoms with E-state index in [9.17, 15) is 9.32 Å². The summed E-state index contributed by atoms with van der Waals surface area (Å²) >= 11 is 0. The van der Waals surface area contributed by atoms with Gasteiger partial charge in [0.05, 0.1) is 5.56 Å². The van der Waals surface area contributed by atoms with Crippen LogP contribution in [0.25, 0.3) is 0 Å². The number of hydrogen-bond acceptors (Lipinski definition) is 3. The third kappa shape index (κ3) is 1.28. The van der Waals surface area contributed by atoms with E-state index < -0.39 is 5.97 Å². The smallest absolute Gasteiger partial charge is 0.265 e. The Labute approximate surface area is 56.4 Å². The Balaban J connectivity index is 2.85. The maximum absolute atomic E-state index is 11.2. The van der Waals surface area contributed by atoms with Crippen molar-refractivity contribution in [3.63, 3.8) is 0 Å². The number of carbonyl (C=O) groups excluding carboxylic acids is 1. The highest BCUT2D eigenvalue weighted by Gasteiger charge is 2.04. The van der Waals surface area contributed by atoms with E-state index in [1.165, 1.54) is 24.5 Å². The van der Waals surface area contributed by atoms with Gasteiger partial charge >= 0.3 is 5.97 Å². The van der Waals surface area contributed by atoms with E-state index in [1.807, 2.05) is 0 Å². The maximum atomic E-state index is 11.2. The zero-order chi connectivity index (χ0) is 7.40. The topological polar surface area (TPSA) is 39.2 Å². The quantitative estimate of drug-likeness (QED) is 0.588. The van der Waals surface area contributed by atoms with Gasteiger partial charge in [-0.1, -0.05) is 0 Å². The highest BCUT2D eigenvalue weighted by Crippen LogP contribution is 1.98. The Morgan fingerprint density at radius 1 is 1.50 bits per heavy atom. The molecule has 3 nitrogen and oxygen atoms in total. The lowest BCUT2D eigenvalue weighted by atomic mass is 10.3. The average molecular weight is 141 g/mol. The molecule has 0 aliphatic rings. The lowest BCUT2D eigenvalue weighted by Gasteiger charge is -1.90. The Hall–Kier alpha value is -1.45. The summed E-state index contributed by atoms with van der Waals surface area (Å²) < 4.78 is 11.2. The second kappa shape index (κ2) is 2.91. The molecule has 0 saturated carbocycles. The van der Waals surface area contributed by atoms with Crippen LogP contribution >= 0.6 is 0 Å². The van der Waals surface area contributed by atoms with Crippen molar-refractivity contribution in [2.45, 2.75) is 0 Å². The number of rotatable bonds is 1. The molecule has 1 rings (SSSR count). The van der Waals surface area contributed by atoms with E-state index in [1.54, 1.807) is 0 Å². The molecule has 0 atom stereocenters. The molecular formula is C6H4FNO2. The summed E-state index contributed by atoms with van der Waals surface area (Å²) in [5.74, 6) is -0.998. The molecule has 0 aliphatic carbocycles. The monoisotopic (exact) mass is 141 g/mol. The van der Waals surface area contributed by atoms with Crippen LogP contribution in [0.2, 0.25) is 0 Å². The molecule has 0 amide bonds. The number of nitrogens with zero attached hydrogens (tertiary/aromatic N) is 1. The first-order chi connectivity index (χ1) is 4.84. The van der Waals surface area contributed by atoms with Gasteiger partial charge in [-0.2, -0.15) is 0 Å². The van der Waals surface area contributed by atoms with Gasteiger partial charge in [-0.05, 0) is 12.1 Å². The molecule has 4 heteroatoms. The van der Waals surface area contributed by atoms with E-state index in [-0.39, 0.29) is 5.56 Å². The minimum absolute atomic E-state index is 0.150. The molecule has 0 N–H and O–H groups in total. The molecule has 0 fully saturated rings. The van der Waals surface area contributed by atoms with E-state index in [2.05, 4.69) is 9.93 Å². The van der Waals surface area contributed by atoms with E-state index in [0.717, 1.165) is 0 Å². The van der Waals surface area contributed by atoms with Gasteiger partial charge < -0.3 is 0 Å². The fourth-order valence-corrected chi connectivity index (χ4v) is 0.533. The first kappa shape index (κ1) is 6.67. The van der Waals surface area contributed by atoms with Crippen LogP contribution in [0, 0.1) is 0 Å². The third-order valence-electron chi connectivity index (χ3n) is 0.986. The van der Waals surface area contributed by atoms with E-state index in [4.69, 9.17) is 0 Å². The van der Waals surface area contributed by atoms with Crippen molar-refractivity contribution in [1.29, 1.82) is 0 Å². The summed E-state index contributed by atoms with van der Waals surface area (Å²) in [6.07, 6.45) is 2.76. The summed E-state index contributed by atoms with van der Waals surface area (Å²) in [5, 5.41) is 0. The zero-order valence-corrected chi connectivity index (χ0v) is 4.95. The Kier molecular flexibility index (Phi) is 1.94. The predicted octanol–water partition coefficient (Wildman–Crippen LogP) is 1.12. The van der Waals surface area contributed by atoms with Gasteiger partial charge in [-0.3, -0.25) is 4.98 Å². The van der Waals surface area contributed by atoms with Gasteiger partial charge in [0.1, 0.15) is 0 Å². The summed E-state index contributed by atoms with van der Waals surface area (Å²) in [4.78, 5) is 17.0. The van der Waals surface area contributed by atoms with Gasteiger partial charge in [0.2, 0.25) is 0 Å². The molecule has 0 aliphatic heterocycles. The minimum atomic E-state index is -0.998. The van der Waals surface area contributed by atoms with Crippen LogP contribution in [0.15, 0.2) is 24.5 Å². The molecule has 0 bridgehead atoms. The van der Waals surface area contributed by atoms with E-state index in [0.29, 0.717) is 0 Å². The van der Waals surface area contributed by atoms with Crippen LogP contribution in [0.3, 0.4) is 0 Å². The van der Waals surface area contributed by atoms with Gasteiger partial charge in [0.15, 0.2) is 0 Å². The van der Waals surface area contributed by atoms with Gasteiger partial charge in [0, 0.05) is 16.9 Å². The zero-order valence-electron chi connectivity index (χ0n) is 4.95. The van der Waals surface area contributed by atoms with Gasteiger partial charge in [-0.25, -0.2) is 9.74 Å². The van der Waals surface area contributed by atoms with Crippen molar-refractivity contribution in [3.8, 4) is 0 Å². The van der Waals surface area contributed by atoms with Gasteiger partial charge in [0.25, 0.3) is 0 Å². The van der Waals surface area contributed by atoms with Crippen molar-refractivity contribution in [3.05, 3.63) is 30.1 Å². The first-order valence-corrected chi connectivity index (χ1v) is 2.57. The molecule has 0 unspecified atom stereocenters. The summed E-state index contributed by atoms with van der Waals surface area (Å²) in [6.45, 7) is 0. The second-order valence-corrected chi connectivity index (χ2v) is 1.60. The highest BCUT2D eigenvalue weighted by molar-refractivity contribution is 5.88. The number of halogens is 1. The number of hydrogen-bond donors (Lipinski definition) is 0. The van der Waals surface area contributed by atoms with Crippen molar-refractivity contribution in [1.82, 2.24) is 4.98 Å². The summed E-state index contributed by atoms with van der Waals surface area (Å²) in [5.41, 5.74) is 0.150. The second-order valence-electron chi connectivity index (χ2n) is 1.60. The number of pyridine rings is 1. The SMILES string of the molecule is O=C(OF)c1ccncc1. The van der Waals surface area contributed by atoms with Crippen LogP contribution in [0.4, 0.5) is 4.53 Å². The Morgan fingerprint density at radius 2 is 2.10 bits per heavy atom. The van der Waals surface area contributed by atoms with E-state index >= 15 is 0 Å². The number of carbonyl (C=O) groups is 1. The molecule has 52 valence electrons. The predicted molar refractivity (Wildman–Crippen MR) is 30.8 cm³/mol. The lowest BCUT2D eigenvalue weighted by molar-refractivity contribution is -0.0788. The van der Waals surface area contributed by atoms with Crippen molar-refractivity contribution >= 4 is 5.97 Å². The maximum Gasteiger partial charge on any atom is 0.379 e. The standard InChI is InChI=1S/C6H4FNO2/c7-10-6(9)5-1-3-8-4-2-5/h1-4H. The molecule has 0 radical (unpaired) electrons. The Morgan fingerprint density at radius 3 is 2.60 bits per heavy atom. The van der Waals surface area contributed by atoms with Gasteiger partial charge in [-0.15, -0.1) is 0 Å². The van der Waals surface area contributed by atoms with Crippen LogP contribution in [-0.2, 0) is 4.94 Å². The normalized spacial score (nSPS) is 8.90. The molecule has 1 aromatic rings. The molecule has 1 heterocycles. The van der Waals surface area contributed by atoms with Crippen LogP contribution in [0.1, 0.15) is 10.4 Å². The molecule has 0 aromatic carbocycles. The van der Waals surface area contributed by atoms with Crippen molar-refractivity contribution in [2.75, 3.05) is 0 Å². The fraction of sp³-hybridized carbons (Fsp3) is 0. The Bertz CT molecular complexity index is 224. The van der Waals surface area contributed by atoms with Crippen LogP contribution in [0.5, 0.6) is 0 Å². The fourth-order valence-electron chi connectivity index (χ4n) is 0.533. The number of aromatic nitrogens is 1. The minimum Gasteiger partial charge on any atom is -0.265 e.